The van der Waals surface area contributed by atoms with Crippen LogP contribution >= 0.6 is 0 Å². The number of hydrogen-bond acceptors (Lipinski definition) is 2. The zero-order chi connectivity index (χ0) is 34.7. The van der Waals surface area contributed by atoms with Crippen molar-refractivity contribution in [2.75, 3.05) is 0 Å². The lowest BCUT2D eigenvalue weighted by Crippen LogP contribution is -2.52. The average molecular weight is 691 g/mol. The first-order valence-electron chi connectivity index (χ1n) is 19.9. The van der Waals surface area contributed by atoms with Crippen LogP contribution in [0.1, 0.15) is 85.0 Å². The molecular formula is C49H42N2O2. The first-order chi connectivity index (χ1) is 26.3. The number of fused-ring (bicyclic) bond motifs is 13. The zero-order valence-corrected chi connectivity index (χ0v) is 30.0. The maximum absolute atomic E-state index is 7.11. The van der Waals surface area contributed by atoms with Gasteiger partial charge in [-0.25, -0.2) is 0 Å². The molecule has 12 rings (SSSR count). The van der Waals surface area contributed by atoms with E-state index in [2.05, 4.69) is 131 Å². The van der Waals surface area contributed by atoms with Crippen LogP contribution < -0.4 is 9.47 Å². The standard InChI is InChI=1S/C49H42N2O2/c1-7-19-41-33(13-1)34-14-2-8-20-42(34)50(41)31-25-27-47-39(29-31)49(37-17-5-11-23-45(37)52-47)38-18-6-12-24-46(38)53-48-28-26-32(30-40(48)49)51-43-21-9-3-15-35(43)36-16-4-10-22-44(36)51/h1-3,6-7,9-10,13-15,18-19,21-22,25-30,38,46H,4-5,8,11-12,16-17,20,23-24H2. The van der Waals surface area contributed by atoms with Gasteiger partial charge >= 0.3 is 0 Å². The van der Waals surface area contributed by atoms with Crippen molar-refractivity contribution in [1.82, 2.24) is 9.13 Å². The quantitative estimate of drug-likeness (QED) is 0.169. The van der Waals surface area contributed by atoms with Crippen molar-refractivity contribution in [2.45, 2.75) is 75.7 Å². The van der Waals surface area contributed by atoms with Gasteiger partial charge in [0.2, 0.25) is 0 Å². The molecule has 4 heteroatoms. The molecule has 2 aliphatic heterocycles. The van der Waals surface area contributed by atoms with Crippen LogP contribution in [0.25, 0.3) is 45.3 Å². The predicted molar refractivity (Wildman–Crippen MR) is 214 cm³/mol. The summed E-state index contributed by atoms with van der Waals surface area (Å²) in [4.78, 5) is 0. The van der Waals surface area contributed by atoms with Crippen molar-refractivity contribution in [3.05, 3.63) is 154 Å². The second kappa shape index (κ2) is 11.3. The van der Waals surface area contributed by atoms with E-state index in [1.165, 1.54) is 91.0 Å². The second-order valence-electron chi connectivity index (χ2n) is 15.9. The number of hydrogen-bond donors (Lipinski definition) is 0. The number of rotatable bonds is 2. The molecule has 0 N–H and O–H groups in total. The monoisotopic (exact) mass is 690 g/mol. The van der Waals surface area contributed by atoms with Gasteiger partial charge in [-0.3, -0.25) is 0 Å². The molecule has 6 aromatic rings. The highest BCUT2D eigenvalue weighted by Crippen LogP contribution is 2.62. The molecule has 3 atom stereocenters. The lowest BCUT2D eigenvalue weighted by Gasteiger charge is -2.53. The number of benzene rings is 4. The predicted octanol–water partition coefficient (Wildman–Crippen LogP) is 11.7. The Bertz CT molecular complexity index is 2660. The average Bonchev–Trinajstić information content (AvgIpc) is 3.74. The first kappa shape index (κ1) is 30.0. The fourth-order valence-electron chi connectivity index (χ4n) is 11.1. The van der Waals surface area contributed by atoms with Crippen LogP contribution in [0.3, 0.4) is 0 Å². The van der Waals surface area contributed by atoms with Crippen LogP contribution in [-0.2, 0) is 18.3 Å². The Kier molecular flexibility index (Phi) is 6.38. The molecule has 0 amide bonds. The SMILES string of the molecule is C1=Cc2c(c3ccccc3n2-c2ccc3c(c2)C2(C4=C(CCCC4)Oc4ccc(-n5c6c(c7ccccc75)C=CCC6)cc42)C2C=CCCC2O3)CC1. The maximum atomic E-state index is 7.11. The lowest BCUT2D eigenvalue weighted by atomic mass is 9.54. The summed E-state index contributed by atoms with van der Waals surface area (Å²) in [7, 11) is 0. The Morgan fingerprint density at radius 3 is 2.28 bits per heavy atom. The van der Waals surface area contributed by atoms with Gasteiger partial charge in [0.25, 0.3) is 0 Å². The van der Waals surface area contributed by atoms with Crippen LogP contribution in [0.5, 0.6) is 11.5 Å². The largest absolute Gasteiger partial charge is 0.489 e. The minimum absolute atomic E-state index is 0.0945. The zero-order valence-electron chi connectivity index (χ0n) is 30.0. The maximum Gasteiger partial charge on any atom is 0.131 e. The van der Waals surface area contributed by atoms with E-state index in [0.29, 0.717) is 0 Å². The molecule has 53 heavy (non-hydrogen) atoms. The first-order valence-corrected chi connectivity index (χ1v) is 19.9. The summed E-state index contributed by atoms with van der Waals surface area (Å²) in [6, 6.07) is 32.1. The van der Waals surface area contributed by atoms with E-state index in [-0.39, 0.29) is 12.0 Å². The molecule has 0 bridgehead atoms. The van der Waals surface area contributed by atoms with Crippen molar-refractivity contribution in [3.8, 4) is 22.9 Å². The van der Waals surface area contributed by atoms with E-state index < -0.39 is 5.41 Å². The molecule has 0 radical (unpaired) electrons. The highest BCUT2D eigenvalue weighted by atomic mass is 16.5. The molecule has 4 nitrogen and oxygen atoms in total. The number of nitrogens with zero attached hydrogens (tertiary/aromatic N) is 2. The van der Waals surface area contributed by atoms with Gasteiger partial charge in [-0.1, -0.05) is 66.8 Å². The minimum atomic E-state index is -0.410. The van der Waals surface area contributed by atoms with Crippen LogP contribution in [0.2, 0.25) is 0 Å². The van der Waals surface area contributed by atoms with Gasteiger partial charge in [0, 0.05) is 62.6 Å². The minimum Gasteiger partial charge on any atom is -0.489 e. The molecular weight excluding hydrogens is 649 g/mol. The molecule has 0 saturated carbocycles. The summed E-state index contributed by atoms with van der Waals surface area (Å²) in [6.45, 7) is 0. The number of aryl methyl sites for hydroxylation is 1. The van der Waals surface area contributed by atoms with Crippen LogP contribution in [0.4, 0.5) is 0 Å². The summed E-state index contributed by atoms with van der Waals surface area (Å²) in [5.74, 6) is 3.37. The van der Waals surface area contributed by atoms with Crippen molar-refractivity contribution in [1.29, 1.82) is 0 Å². The number of ether oxygens (including phenoxy) is 2. The fourth-order valence-corrected chi connectivity index (χ4v) is 11.1. The third-order valence-corrected chi connectivity index (χ3v) is 13.3. The summed E-state index contributed by atoms with van der Waals surface area (Å²) < 4.78 is 19.2. The third kappa shape index (κ3) is 4.07. The summed E-state index contributed by atoms with van der Waals surface area (Å²) in [5.41, 5.74) is 14.1. The lowest BCUT2D eigenvalue weighted by molar-refractivity contribution is 0.0815. The second-order valence-corrected chi connectivity index (χ2v) is 15.9. The Morgan fingerprint density at radius 2 is 1.38 bits per heavy atom. The molecule has 1 spiro atoms. The molecule has 0 saturated heterocycles. The molecule has 4 heterocycles. The molecule has 2 aromatic heterocycles. The van der Waals surface area contributed by atoms with Crippen molar-refractivity contribution < 1.29 is 9.47 Å². The van der Waals surface area contributed by atoms with E-state index in [1.807, 2.05) is 0 Å². The molecule has 0 fully saturated rings. The van der Waals surface area contributed by atoms with E-state index in [0.717, 1.165) is 62.9 Å². The number of para-hydroxylation sites is 2. The van der Waals surface area contributed by atoms with E-state index in [4.69, 9.17) is 9.47 Å². The van der Waals surface area contributed by atoms with Crippen LogP contribution in [-0.4, -0.2) is 15.2 Å². The summed E-state index contributed by atoms with van der Waals surface area (Å²) in [5, 5.41) is 2.69. The van der Waals surface area contributed by atoms with E-state index in [9.17, 15) is 0 Å². The third-order valence-electron chi connectivity index (χ3n) is 13.3. The number of allylic oxidation sites excluding steroid dienone is 5. The van der Waals surface area contributed by atoms with E-state index >= 15 is 0 Å². The van der Waals surface area contributed by atoms with Gasteiger partial charge in [0.05, 0.1) is 16.4 Å². The summed E-state index contributed by atoms with van der Waals surface area (Å²) >= 11 is 0. The van der Waals surface area contributed by atoms with Gasteiger partial charge in [-0.2, -0.15) is 0 Å². The van der Waals surface area contributed by atoms with Gasteiger partial charge in [-0.15, -0.1) is 0 Å². The Balaban J connectivity index is 1.16. The number of aromatic nitrogens is 2. The summed E-state index contributed by atoms with van der Waals surface area (Å²) in [6.07, 6.45) is 25.1. The van der Waals surface area contributed by atoms with Crippen molar-refractivity contribution in [3.63, 3.8) is 0 Å². The smallest absolute Gasteiger partial charge is 0.131 e. The Morgan fingerprint density at radius 1 is 0.642 bits per heavy atom. The molecule has 3 unspecified atom stereocenters. The van der Waals surface area contributed by atoms with Gasteiger partial charge in [0.1, 0.15) is 23.4 Å². The Labute approximate surface area is 310 Å². The van der Waals surface area contributed by atoms with Crippen LogP contribution in [0, 0.1) is 5.92 Å². The van der Waals surface area contributed by atoms with Gasteiger partial charge in [0.15, 0.2) is 0 Å². The van der Waals surface area contributed by atoms with Crippen molar-refractivity contribution >= 4 is 34.0 Å². The molecule has 4 aliphatic carbocycles. The fraction of sp³-hybridized carbons (Fsp3) is 0.265. The highest BCUT2D eigenvalue weighted by molar-refractivity contribution is 5.94. The van der Waals surface area contributed by atoms with Crippen LogP contribution in [0.15, 0.2) is 121 Å². The normalized spacial score (nSPS) is 23.5. The Hall–Kier alpha value is -5.48. The molecule has 260 valence electrons. The van der Waals surface area contributed by atoms with E-state index in [1.54, 1.807) is 0 Å². The van der Waals surface area contributed by atoms with Gasteiger partial charge < -0.3 is 18.6 Å². The topological polar surface area (TPSA) is 28.3 Å². The molecule has 6 aliphatic rings. The highest BCUT2D eigenvalue weighted by Gasteiger charge is 2.57. The van der Waals surface area contributed by atoms with Crippen molar-refractivity contribution in [2.24, 2.45) is 5.92 Å². The molecule has 4 aromatic carbocycles. The van der Waals surface area contributed by atoms with Gasteiger partial charge in [-0.05, 0) is 124 Å².